The van der Waals surface area contributed by atoms with Crippen LogP contribution in [0.15, 0.2) is 22.7 Å². The molecule has 0 spiro atoms. The van der Waals surface area contributed by atoms with E-state index in [1.54, 1.807) is 0 Å². The Morgan fingerprint density at radius 1 is 1.55 bits per heavy atom. The minimum Gasteiger partial charge on any atom is -0.397 e. The second-order valence-electron chi connectivity index (χ2n) is 4.55. The van der Waals surface area contributed by atoms with Crippen molar-refractivity contribution in [2.24, 2.45) is 0 Å². The number of fused-ring (bicyclic) bond motifs is 1. The molecule has 0 saturated heterocycles. The molecule has 4 N–H and O–H groups in total. The molecule has 0 fully saturated rings. The molecule has 0 aliphatic carbocycles. The molecule has 1 aromatic heterocycles. The number of hydrogen-bond acceptors (Lipinski definition) is 4. The zero-order valence-corrected chi connectivity index (χ0v) is 13.6. The van der Waals surface area contributed by atoms with Gasteiger partial charge in [-0.3, -0.25) is 4.79 Å². The van der Waals surface area contributed by atoms with Crippen molar-refractivity contribution in [1.82, 2.24) is 5.32 Å². The molecule has 2 aromatic rings. The summed E-state index contributed by atoms with van der Waals surface area (Å²) in [5.74, 6) is -0.170. The van der Waals surface area contributed by atoms with Gasteiger partial charge in [0, 0.05) is 27.2 Å². The molecular weight excluding hydrogens is 340 g/mol. The summed E-state index contributed by atoms with van der Waals surface area (Å²) in [6.07, 6.45) is 1.33. The third-order valence-corrected chi connectivity index (χ3v) is 5.04. The van der Waals surface area contributed by atoms with Crippen molar-refractivity contribution in [3.63, 3.8) is 0 Å². The van der Waals surface area contributed by atoms with Crippen molar-refractivity contribution in [3.05, 3.63) is 27.5 Å². The minimum absolute atomic E-state index is 0.0273. The molecule has 1 heterocycles. The summed E-state index contributed by atoms with van der Waals surface area (Å²) in [7, 11) is 0. The third-order valence-electron chi connectivity index (χ3n) is 3.21. The summed E-state index contributed by atoms with van der Waals surface area (Å²) in [5, 5.41) is 12.8. The highest BCUT2D eigenvalue weighted by Crippen LogP contribution is 2.38. The van der Waals surface area contributed by atoms with Gasteiger partial charge in [0.2, 0.25) is 0 Å². The van der Waals surface area contributed by atoms with Gasteiger partial charge in [0.15, 0.2) is 0 Å². The first-order valence-electron chi connectivity index (χ1n) is 6.46. The maximum absolute atomic E-state index is 12.3. The number of thiophene rings is 1. The van der Waals surface area contributed by atoms with Crippen LogP contribution in [0.2, 0.25) is 0 Å². The molecule has 0 bridgehead atoms. The molecule has 2 rings (SSSR count). The van der Waals surface area contributed by atoms with Gasteiger partial charge in [0.05, 0.1) is 5.69 Å². The lowest BCUT2D eigenvalue weighted by atomic mass is 10.1. The lowest BCUT2D eigenvalue weighted by Gasteiger charge is -2.15. The Hall–Kier alpha value is -1.11. The monoisotopic (exact) mass is 356 g/mol. The third kappa shape index (κ3) is 2.97. The number of halogens is 1. The Labute approximate surface area is 130 Å². The zero-order chi connectivity index (χ0) is 14.7. The molecular formula is C14H17BrN2O2S. The number of nitrogens with two attached hydrogens (primary N) is 1. The predicted octanol–water partition coefficient (Wildman–Crippen LogP) is 3.14. The van der Waals surface area contributed by atoms with E-state index in [0.29, 0.717) is 17.0 Å². The lowest BCUT2D eigenvalue weighted by molar-refractivity contribution is 0.0934. The number of carbonyl (C=O) groups excluding carboxylic acids is 1. The number of nitrogen functional groups attached to an aromatic ring is 1. The second kappa shape index (κ2) is 6.56. The van der Waals surface area contributed by atoms with Gasteiger partial charge in [-0.2, -0.15) is 0 Å². The van der Waals surface area contributed by atoms with Crippen molar-refractivity contribution in [1.29, 1.82) is 0 Å². The summed E-state index contributed by atoms with van der Waals surface area (Å²) >= 11 is 4.85. The number of nitrogens with one attached hydrogen (secondary N) is 1. The molecule has 0 aliphatic heterocycles. The molecule has 0 aliphatic rings. The molecule has 6 heteroatoms. The molecule has 0 radical (unpaired) electrons. The van der Waals surface area contributed by atoms with Crippen LogP contribution in [0.25, 0.3) is 10.1 Å². The van der Waals surface area contributed by atoms with Crippen LogP contribution in [0.3, 0.4) is 0 Å². The summed E-state index contributed by atoms with van der Waals surface area (Å²) in [6.45, 7) is 2.04. The largest absolute Gasteiger partial charge is 0.397 e. The van der Waals surface area contributed by atoms with Gasteiger partial charge in [-0.1, -0.05) is 28.9 Å². The number of aliphatic hydroxyl groups excluding tert-OH is 1. The second-order valence-corrected chi connectivity index (χ2v) is 6.46. The molecule has 20 heavy (non-hydrogen) atoms. The van der Waals surface area contributed by atoms with Gasteiger partial charge in [0.25, 0.3) is 5.91 Å². The first-order valence-corrected chi connectivity index (χ1v) is 8.07. The number of anilines is 1. The summed E-state index contributed by atoms with van der Waals surface area (Å²) in [5.41, 5.74) is 6.61. The first-order chi connectivity index (χ1) is 9.58. The van der Waals surface area contributed by atoms with Crippen molar-refractivity contribution < 1.29 is 9.90 Å². The summed E-state index contributed by atoms with van der Waals surface area (Å²) < 4.78 is 1.88. The lowest BCUT2D eigenvalue weighted by Crippen LogP contribution is -2.34. The normalized spacial score (nSPS) is 12.6. The van der Waals surface area contributed by atoms with Gasteiger partial charge < -0.3 is 16.2 Å². The van der Waals surface area contributed by atoms with Crippen LogP contribution < -0.4 is 11.1 Å². The maximum atomic E-state index is 12.3. The molecule has 1 atom stereocenters. The fraction of sp³-hybridized carbons (Fsp3) is 0.357. The van der Waals surface area contributed by atoms with Gasteiger partial charge in [-0.15, -0.1) is 11.3 Å². The van der Waals surface area contributed by atoms with E-state index >= 15 is 0 Å². The quantitative estimate of drug-likeness (QED) is 0.770. The van der Waals surface area contributed by atoms with Crippen LogP contribution in [-0.2, 0) is 0 Å². The SMILES string of the molecule is CCC(CCO)NC(=O)c1sc2cccc(Br)c2c1N. The average molecular weight is 357 g/mol. The van der Waals surface area contributed by atoms with E-state index in [9.17, 15) is 4.79 Å². The Kier molecular flexibility index (Phi) is 5.01. The highest BCUT2D eigenvalue weighted by atomic mass is 79.9. The Balaban J connectivity index is 2.31. The number of rotatable bonds is 5. The van der Waals surface area contributed by atoms with Crippen LogP contribution in [0, 0.1) is 0 Å². The van der Waals surface area contributed by atoms with Crippen molar-refractivity contribution in [2.75, 3.05) is 12.3 Å². The smallest absolute Gasteiger partial charge is 0.263 e. The van der Waals surface area contributed by atoms with Gasteiger partial charge in [0.1, 0.15) is 4.88 Å². The molecule has 1 aromatic carbocycles. The van der Waals surface area contributed by atoms with E-state index in [2.05, 4.69) is 21.2 Å². The van der Waals surface area contributed by atoms with E-state index in [1.165, 1.54) is 11.3 Å². The Morgan fingerprint density at radius 2 is 2.30 bits per heavy atom. The predicted molar refractivity (Wildman–Crippen MR) is 87.2 cm³/mol. The van der Waals surface area contributed by atoms with E-state index in [4.69, 9.17) is 10.8 Å². The number of benzene rings is 1. The zero-order valence-electron chi connectivity index (χ0n) is 11.1. The summed E-state index contributed by atoms with van der Waals surface area (Å²) in [4.78, 5) is 12.8. The number of hydrogen-bond donors (Lipinski definition) is 3. The fourth-order valence-electron chi connectivity index (χ4n) is 2.08. The maximum Gasteiger partial charge on any atom is 0.263 e. The Bertz CT molecular complexity index is 627. The minimum atomic E-state index is -0.170. The van der Waals surface area contributed by atoms with E-state index in [-0.39, 0.29) is 18.6 Å². The molecule has 0 saturated carbocycles. The van der Waals surface area contributed by atoms with Gasteiger partial charge in [-0.25, -0.2) is 0 Å². The van der Waals surface area contributed by atoms with Crippen molar-refractivity contribution in [2.45, 2.75) is 25.8 Å². The van der Waals surface area contributed by atoms with Gasteiger partial charge >= 0.3 is 0 Å². The molecule has 108 valence electrons. The van der Waals surface area contributed by atoms with Gasteiger partial charge in [-0.05, 0) is 25.0 Å². The van der Waals surface area contributed by atoms with Crippen molar-refractivity contribution in [3.8, 4) is 0 Å². The van der Waals surface area contributed by atoms with Crippen LogP contribution in [-0.4, -0.2) is 23.7 Å². The van der Waals surface area contributed by atoms with Crippen LogP contribution in [0.4, 0.5) is 5.69 Å². The first kappa shape index (κ1) is 15.3. The molecule has 1 amide bonds. The van der Waals surface area contributed by atoms with Crippen molar-refractivity contribution >= 4 is 48.9 Å². The highest BCUT2D eigenvalue weighted by molar-refractivity contribution is 9.10. The van der Waals surface area contributed by atoms with Crippen LogP contribution in [0.5, 0.6) is 0 Å². The summed E-state index contributed by atoms with van der Waals surface area (Å²) in [6, 6.07) is 5.75. The Morgan fingerprint density at radius 3 is 2.90 bits per heavy atom. The van der Waals surface area contributed by atoms with E-state index < -0.39 is 0 Å². The van der Waals surface area contributed by atoms with E-state index in [1.807, 2.05) is 25.1 Å². The topological polar surface area (TPSA) is 75.3 Å². The van der Waals surface area contributed by atoms with Crippen LogP contribution in [0.1, 0.15) is 29.4 Å². The number of carbonyl (C=O) groups is 1. The average Bonchev–Trinajstić information content (AvgIpc) is 2.77. The highest BCUT2D eigenvalue weighted by Gasteiger charge is 2.19. The number of amides is 1. The number of aliphatic hydroxyl groups is 1. The molecule has 4 nitrogen and oxygen atoms in total. The van der Waals surface area contributed by atoms with E-state index in [0.717, 1.165) is 21.0 Å². The fourth-order valence-corrected chi connectivity index (χ4v) is 3.85. The molecule has 1 unspecified atom stereocenters. The standard InChI is InChI=1S/C14H17BrN2O2S/c1-2-8(6-7-18)17-14(19)13-12(16)11-9(15)4-3-5-10(11)20-13/h3-5,8,18H,2,6-7,16H2,1H3,(H,17,19). The van der Waals surface area contributed by atoms with Crippen LogP contribution >= 0.6 is 27.3 Å².